The minimum Gasteiger partial charge on any atom is -0.389 e. The number of allylic oxidation sites excluding steroid dienone is 4. The normalized spacial score (nSPS) is 51.0. The van der Waals surface area contributed by atoms with Gasteiger partial charge < -0.3 is 10.2 Å². The van der Waals surface area contributed by atoms with Crippen molar-refractivity contribution in [3.63, 3.8) is 0 Å². The van der Waals surface area contributed by atoms with E-state index in [0.29, 0.717) is 18.3 Å². The molecule has 0 radical (unpaired) electrons. The zero-order valence-electron chi connectivity index (χ0n) is 14.0. The predicted octanol–water partition coefficient (Wildman–Crippen LogP) is 3.37. The molecule has 0 heterocycles. The first-order valence-electron chi connectivity index (χ1n) is 8.83. The van der Waals surface area contributed by atoms with Gasteiger partial charge >= 0.3 is 0 Å². The Hall–Kier alpha value is -1.30. The van der Waals surface area contributed by atoms with Crippen LogP contribution in [0.2, 0.25) is 0 Å². The smallest absolute Gasteiger partial charge is 0.131 e. The molecule has 2 nitrogen and oxygen atoms in total. The summed E-state index contributed by atoms with van der Waals surface area (Å²) in [7, 11) is 0. The van der Waals surface area contributed by atoms with Gasteiger partial charge in [-0.3, -0.25) is 0 Å². The summed E-state index contributed by atoms with van der Waals surface area (Å²) < 4.78 is 0. The van der Waals surface area contributed by atoms with Gasteiger partial charge in [-0.25, -0.2) is 0 Å². The molecule has 122 valence electrons. The predicted molar refractivity (Wildman–Crippen MR) is 91.4 cm³/mol. The SMILES string of the molecule is C#C[C@]1(O)CCC2C3=CC=C4C[C@@H](O)C=C[C@]4(C)C3CC[C@@]21C. The third-order valence-corrected chi connectivity index (χ3v) is 7.49. The summed E-state index contributed by atoms with van der Waals surface area (Å²) in [6.07, 6.45) is 18.5. The summed E-state index contributed by atoms with van der Waals surface area (Å²) in [6.45, 7) is 4.49. The largest absolute Gasteiger partial charge is 0.389 e. The van der Waals surface area contributed by atoms with E-state index in [0.717, 1.165) is 25.7 Å². The maximum Gasteiger partial charge on any atom is 0.131 e. The summed E-state index contributed by atoms with van der Waals surface area (Å²) in [5, 5.41) is 20.9. The van der Waals surface area contributed by atoms with Crippen molar-refractivity contribution in [2.45, 2.75) is 57.7 Å². The maximum atomic E-state index is 11.0. The van der Waals surface area contributed by atoms with Crippen molar-refractivity contribution in [3.05, 3.63) is 35.5 Å². The summed E-state index contributed by atoms with van der Waals surface area (Å²) in [5.41, 5.74) is 1.66. The molecule has 23 heavy (non-hydrogen) atoms. The first-order chi connectivity index (χ1) is 10.8. The molecule has 2 unspecified atom stereocenters. The van der Waals surface area contributed by atoms with Crippen molar-refractivity contribution in [3.8, 4) is 12.3 Å². The molecule has 0 saturated heterocycles. The summed E-state index contributed by atoms with van der Waals surface area (Å²) in [6, 6.07) is 0. The topological polar surface area (TPSA) is 40.5 Å². The van der Waals surface area contributed by atoms with Gasteiger partial charge in [0.2, 0.25) is 0 Å². The zero-order valence-corrected chi connectivity index (χ0v) is 14.0. The van der Waals surface area contributed by atoms with Crippen LogP contribution in [0.1, 0.15) is 46.0 Å². The number of aliphatic hydroxyl groups is 2. The average molecular weight is 310 g/mol. The van der Waals surface area contributed by atoms with Gasteiger partial charge in [0.1, 0.15) is 5.60 Å². The molecule has 6 atom stereocenters. The van der Waals surface area contributed by atoms with Crippen molar-refractivity contribution >= 4 is 0 Å². The zero-order chi connectivity index (χ0) is 16.5. The molecular weight excluding hydrogens is 284 g/mol. The van der Waals surface area contributed by atoms with Gasteiger partial charge in [0.25, 0.3) is 0 Å². The van der Waals surface area contributed by atoms with E-state index in [2.05, 4.69) is 38.0 Å². The summed E-state index contributed by atoms with van der Waals surface area (Å²) >= 11 is 0. The van der Waals surface area contributed by atoms with E-state index in [9.17, 15) is 10.2 Å². The van der Waals surface area contributed by atoms with Crippen LogP contribution in [0.4, 0.5) is 0 Å². The highest BCUT2D eigenvalue weighted by Crippen LogP contribution is 2.65. The lowest BCUT2D eigenvalue weighted by atomic mass is 9.51. The highest BCUT2D eigenvalue weighted by molar-refractivity contribution is 5.44. The van der Waals surface area contributed by atoms with Crippen molar-refractivity contribution in [1.29, 1.82) is 0 Å². The lowest BCUT2D eigenvalue weighted by Gasteiger charge is -2.53. The molecule has 0 spiro atoms. The molecule has 2 heteroatoms. The van der Waals surface area contributed by atoms with E-state index in [1.54, 1.807) is 0 Å². The van der Waals surface area contributed by atoms with Gasteiger partial charge in [-0.1, -0.05) is 55.2 Å². The Morgan fingerprint density at radius 2 is 1.91 bits per heavy atom. The van der Waals surface area contributed by atoms with Gasteiger partial charge in [0.15, 0.2) is 0 Å². The third kappa shape index (κ3) is 1.78. The van der Waals surface area contributed by atoms with Crippen LogP contribution in [0.3, 0.4) is 0 Å². The number of rotatable bonds is 0. The lowest BCUT2D eigenvalue weighted by molar-refractivity contribution is -0.0385. The van der Waals surface area contributed by atoms with E-state index in [4.69, 9.17) is 6.42 Å². The van der Waals surface area contributed by atoms with Crippen molar-refractivity contribution in [1.82, 2.24) is 0 Å². The highest BCUT2D eigenvalue weighted by atomic mass is 16.3. The first kappa shape index (κ1) is 15.2. The second kappa shape index (κ2) is 4.62. The van der Waals surface area contributed by atoms with Crippen LogP contribution in [0.5, 0.6) is 0 Å². The Kier molecular flexibility index (Phi) is 3.06. The standard InChI is InChI=1S/C21H26O2/c1-4-21(23)12-9-18-16-6-5-14-13-15(22)7-10-19(14,2)17(16)8-11-20(18,21)3/h1,5-7,10,15,17-18,22-23H,8-9,11-13H2,2-3H3/t15-,17?,18?,19-,20-,21-/m0/s1. The van der Waals surface area contributed by atoms with Crippen LogP contribution >= 0.6 is 0 Å². The molecule has 2 saturated carbocycles. The fourth-order valence-electron chi connectivity index (χ4n) is 5.85. The lowest BCUT2D eigenvalue weighted by Crippen LogP contribution is -2.50. The minimum absolute atomic E-state index is 0.0154. The third-order valence-electron chi connectivity index (χ3n) is 7.49. The van der Waals surface area contributed by atoms with E-state index in [1.165, 1.54) is 11.1 Å². The molecule has 0 aromatic heterocycles. The molecule has 2 N–H and O–H groups in total. The molecule has 0 amide bonds. The van der Waals surface area contributed by atoms with Crippen molar-refractivity contribution < 1.29 is 10.2 Å². The van der Waals surface area contributed by atoms with Crippen LogP contribution in [0, 0.1) is 35.0 Å². The first-order valence-corrected chi connectivity index (χ1v) is 8.83. The summed E-state index contributed by atoms with van der Waals surface area (Å²) in [4.78, 5) is 0. The van der Waals surface area contributed by atoms with Gasteiger partial charge in [0, 0.05) is 10.8 Å². The van der Waals surface area contributed by atoms with Crippen molar-refractivity contribution in [2.75, 3.05) is 0 Å². The Morgan fingerprint density at radius 3 is 2.65 bits per heavy atom. The van der Waals surface area contributed by atoms with E-state index < -0.39 is 5.60 Å². The van der Waals surface area contributed by atoms with Crippen LogP contribution < -0.4 is 0 Å². The molecule has 2 fully saturated rings. The van der Waals surface area contributed by atoms with Gasteiger partial charge in [0.05, 0.1) is 6.10 Å². The van der Waals surface area contributed by atoms with Gasteiger partial charge in [-0.2, -0.15) is 0 Å². The Bertz CT molecular complexity index is 678. The number of aliphatic hydroxyl groups excluding tert-OH is 1. The molecule has 0 aliphatic heterocycles. The fourth-order valence-corrected chi connectivity index (χ4v) is 5.85. The molecule has 4 rings (SSSR count). The van der Waals surface area contributed by atoms with Gasteiger partial charge in [-0.15, -0.1) is 6.42 Å². The Labute approximate surface area is 139 Å². The summed E-state index contributed by atoms with van der Waals surface area (Å²) in [5.74, 6) is 3.56. The number of fused-ring (bicyclic) bond motifs is 5. The fraction of sp³-hybridized carbons (Fsp3) is 0.619. The average Bonchev–Trinajstić information content (AvgIpc) is 2.80. The Morgan fingerprint density at radius 1 is 1.17 bits per heavy atom. The monoisotopic (exact) mass is 310 g/mol. The number of hydrogen-bond acceptors (Lipinski definition) is 2. The van der Waals surface area contributed by atoms with Crippen LogP contribution in [0.15, 0.2) is 35.5 Å². The molecular formula is C21H26O2. The number of hydrogen-bond donors (Lipinski definition) is 2. The Balaban J connectivity index is 1.78. The molecule has 0 aromatic rings. The highest BCUT2D eigenvalue weighted by Gasteiger charge is 2.61. The van der Waals surface area contributed by atoms with Crippen LogP contribution in [-0.4, -0.2) is 21.9 Å². The molecule has 4 aliphatic carbocycles. The van der Waals surface area contributed by atoms with E-state index in [1.807, 2.05) is 6.08 Å². The maximum absolute atomic E-state index is 11.0. The van der Waals surface area contributed by atoms with E-state index in [-0.39, 0.29) is 16.9 Å². The van der Waals surface area contributed by atoms with E-state index >= 15 is 0 Å². The van der Waals surface area contributed by atoms with Crippen LogP contribution in [0.25, 0.3) is 0 Å². The minimum atomic E-state index is -0.965. The molecule has 4 aliphatic rings. The molecule has 0 bridgehead atoms. The number of terminal acetylenes is 1. The van der Waals surface area contributed by atoms with Gasteiger partial charge in [-0.05, 0) is 43.9 Å². The van der Waals surface area contributed by atoms with Crippen LogP contribution in [-0.2, 0) is 0 Å². The molecule has 0 aromatic carbocycles. The second-order valence-corrected chi connectivity index (χ2v) is 8.38. The second-order valence-electron chi connectivity index (χ2n) is 8.38. The van der Waals surface area contributed by atoms with Crippen molar-refractivity contribution in [2.24, 2.45) is 22.7 Å². The quantitative estimate of drug-likeness (QED) is 0.532.